The van der Waals surface area contributed by atoms with E-state index in [4.69, 9.17) is 16.3 Å². The van der Waals surface area contributed by atoms with Gasteiger partial charge in [-0.05, 0) is 41.0 Å². The molecule has 1 atom stereocenters. The minimum absolute atomic E-state index is 0.0567. The molecular formula is C23H19ClN2O5S. The van der Waals surface area contributed by atoms with Crippen LogP contribution >= 0.6 is 11.6 Å². The third kappa shape index (κ3) is 4.83. The summed E-state index contributed by atoms with van der Waals surface area (Å²) in [4.78, 5) is 24.9. The molecule has 7 nitrogen and oxygen atoms in total. The summed E-state index contributed by atoms with van der Waals surface area (Å²) >= 11 is 5.94. The van der Waals surface area contributed by atoms with Gasteiger partial charge in [-0.2, -0.15) is 0 Å². The number of halogens is 1. The van der Waals surface area contributed by atoms with E-state index in [0.29, 0.717) is 16.1 Å². The molecule has 32 heavy (non-hydrogen) atoms. The number of hydrogen-bond acceptors (Lipinski definition) is 5. The van der Waals surface area contributed by atoms with Crippen LogP contribution in [0.2, 0.25) is 5.02 Å². The maximum absolute atomic E-state index is 13.2. The van der Waals surface area contributed by atoms with E-state index in [2.05, 4.69) is 4.72 Å². The van der Waals surface area contributed by atoms with E-state index in [1.165, 1.54) is 6.07 Å². The van der Waals surface area contributed by atoms with Gasteiger partial charge in [0.1, 0.15) is 0 Å². The lowest BCUT2D eigenvalue weighted by molar-refractivity contribution is -0.126. The monoisotopic (exact) mass is 470 g/mol. The molecule has 164 valence electrons. The molecule has 1 heterocycles. The summed E-state index contributed by atoms with van der Waals surface area (Å²) in [5, 5.41) is 0.583. The minimum Gasteiger partial charge on any atom is -0.439 e. The Morgan fingerprint density at radius 2 is 1.66 bits per heavy atom. The Balaban J connectivity index is 1.64. The van der Waals surface area contributed by atoms with Crippen LogP contribution in [0.4, 0.5) is 4.79 Å². The second kappa shape index (κ2) is 9.12. The summed E-state index contributed by atoms with van der Waals surface area (Å²) < 4.78 is 33.9. The second-order valence-corrected chi connectivity index (χ2v) is 9.33. The lowest BCUT2D eigenvalue weighted by Gasteiger charge is -2.23. The van der Waals surface area contributed by atoms with Gasteiger partial charge in [0.25, 0.3) is 5.91 Å². The molecule has 1 aliphatic rings. The van der Waals surface area contributed by atoms with Gasteiger partial charge in [-0.25, -0.2) is 22.8 Å². The number of nitrogens with zero attached hydrogens (tertiary/aromatic N) is 1. The summed E-state index contributed by atoms with van der Waals surface area (Å²) in [6, 6.07) is 21.5. The maximum Gasteiger partial charge on any atom is 0.417 e. The number of sulfonamides is 1. The Labute approximate surface area is 190 Å². The number of imide groups is 1. The average molecular weight is 471 g/mol. The molecule has 0 saturated carbocycles. The van der Waals surface area contributed by atoms with Crippen LogP contribution in [0.5, 0.6) is 0 Å². The van der Waals surface area contributed by atoms with Gasteiger partial charge in [0.2, 0.25) is 10.0 Å². The smallest absolute Gasteiger partial charge is 0.417 e. The molecule has 3 aromatic carbocycles. The van der Waals surface area contributed by atoms with Crippen molar-refractivity contribution in [1.29, 1.82) is 0 Å². The number of carbonyl (C=O) groups excluding carboxylic acids is 2. The van der Waals surface area contributed by atoms with Gasteiger partial charge in [0.15, 0.2) is 6.61 Å². The Morgan fingerprint density at radius 3 is 2.31 bits per heavy atom. The lowest BCUT2D eigenvalue weighted by atomic mass is 10.1. The predicted molar refractivity (Wildman–Crippen MR) is 119 cm³/mol. The Hall–Kier alpha value is -3.20. The number of ether oxygens (including phenoxy) is 1. The summed E-state index contributed by atoms with van der Waals surface area (Å²) in [5.74, 6) is -0.514. The molecule has 0 aliphatic carbocycles. The van der Waals surface area contributed by atoms with Crippen molar-refractivity contribution in [3.8, 4) is 11.1 Å². The highest BCUT2D eigenvalue weighted by molar-refractivity contribution is 7.89. The number of cyclic esters (lactones) is 1. The highest BCUT2D eigenvalue weighted by atomic mass is 35.5. The fraction of sp³-hybridized carbons (Fsp3) is 0.130. The Morgan fingerprint density at radius 1 is 0.938 bits per heavy atom. The van der Waals surface area contributed by atoms with Crippen molar-refractivity contribution in [3.63, 3.8) is 0 Å². The predicted octanol–water partition coefficient (Wildman–Crippen LogP) is 4.01. The third-order valence-corrected chi connectivity index (χ3v) is 6.75. The van der Waals surface area contributed by atoms with Crippen LogP contribution in [0.1, 0.15) is 11.6 Å². The molecule has 9 heteroatoms. The van der Waals surface area contributed by atoms with Crippen LogP contribution in [-0.2, 0) is 19.6 Å². The van der Waals surface area contributed by atoms with Gasteiger partial charge in [-0.15, -0.1) is 0 Å². The van der Waals surface area contributed by atoms with Crippen molar-refractivity contribution < 1.29 is 22.7 Å². The Kier molecular flexibility index (Phi) is 6.27. The van der Waals surface area contributed by atoms with Crippen molar-refractivity contribution in [1.82, 2.24) is 9.62 Å². The van der Waals surface area contributed by atoms with E-state index < -0.39 is 28.1 Å². The molecule has 1 unspecified atom stereocenters. The van der Waals surface area contributed by atoms with E-state index in [1.807, 2.05) is 0 Å². The second-order valence-electron chi connectivity index (χ2n) is 7.18. The van der Waals surface area contributed by atoms with Crippen molar-refractivity contribution in [2.45, 2.75) is 10.9 Å². The number of carbonyl (C=O) groups is 2. The highest BCUT2D eigenvalue weighted by Gasteiger charge is 2.34. The highest BCUT2D eigenvalue weighted by Crippen LogP contribution is 2.26. The zero-order chi connectivity index (χ0) is 22.7. The first-order chi connectivity index (χ1) is 15.3. The van der Waals surface area contributed by atoms with Crippen LogP contribution in [0.25, 0.3) is 11.1 Å². The first kappa shape index (κ1) is 22.0. The van der Waals surface area contributed by atoms with Gasteiger partial charge >= 0.3 is 6.09 Å². The van der Waals surface area contributed by atoms with Crippen molar-refractivity contribution in [3.05, 3.63) is 89.4 Å². The molecule has 1 fully saturated rings. The molecule has 2 amide bonds. The van der Waals surface area contributed by atoms with E-state index >= 15 is 0 Å². The van der Waals surface area contributed by atoms with Crippen LogP contribution in [0.15, 0.2) is 83.8 Å². The fourth-order valence-corrected chi connectivity index (χ4v) is 4.76. The van der Waals surface area contributed by atoms with E-state index in [-0.39, 0.29) is 18.0 Å². The molecule has 1 N–H and O–H groups in total. The fourth-order valence-electron chi connectivity index (χ4n) is 3.38. The topological polar surface area (TPSA) is 92.8 Å². The molecule has 3 aromatic rings. The van der Waals surface area contributed by atoms with E-state index in [1.54, 1.807) is 72.8 Å². The van der Waals surface area contributed by atoms with Crippen LogP contribution in [-0.4, -0.2) is 38.5 Å². The molecule has 0 radical (unpaired) electrons. The van der Waals surface area contributed by atoms with Gasteiger partial charge in [-0.1, -0.05) is 66.2 Å². The summed E-state index contributed by atoms with van der Waals surface area (Å²) in [5.41, 5.74) is 2.13. The number of rotatable bonds is 7. The number of amides is 2. The average Bonchev–Trinajstić information content (AvgIpc) is 3.12. The molecule has 0 bridgehead atoms. The molecule has 0 spiro atoms. The largest absolute Gasteiger partial charge is 0.439 e. The maximum atomic E-state index is 13.2. The zero-order valence-corrected chi connectivity index (χ0v) is 18.3. The molecule has 1 aliphatic heterocycles. The third-order valence-electron chi connectivity index (χ3n) is 5.03. The standard InChI is InChI=1S/C23H19ClN2O5S/c24-19-11-9-16(10-12-19)18-7-4-8-20(13-18)32(29,30)25-21(17-5-2-1-3-6-17)14-26-22(27)15-31-23(26)28/h1-13,21,25H,14-15H2. The first-order valence-corrected chi connectivity index (χ1v) is 11.6. The van der Waals surface area contributed by atoms with Crippen molar-refractivity contribution >= 4 is 33.6 Å². The van der Waals surface area contributed by atoms with Gasteiger partial charge in [0, 0.05) is 5.02 Å². The summed E-state index contributed by atoms with van der Waals surface area (Å²) in [7, 11) is -3.99. The van der Waals surface area contributed by atoms with Gasteiger partial charge in [-0.3, -0.25) is 4.79 Å². The van der Waals surface area contributed by atoms with E-state index in [0.717, 1.165) is 10.5 Å². The van der Waals surface area contributed by atoms with Crippen molar-refractivity contribution in [2.24, 2.45) is 0 Å². The summed E-state index contributed by atoms with van der Waals surface area (Å²) in [6.07, 6.45) is -0.792. The minimum atomic E-state index is -3.99. The Bertz CT molecular complexity index is 1230. The summed E-state index contributed by atoms with van der Waals surface area (Å²) in [6.45, 7) is -0.534. The molecule has 4 rings (SSSR count). The van der Waals surface area contributed by atoms with Crippen LogP contribution in [0, 0.1) is 0 Å². The van der Waals surface area contributed by atoms with Crippen molar-refractivity contribution in [2.75, 3.05) is 13.2 Å². The van der Waals surface area contributed by atoms with Crippen LogP contribution < -0.4 is 4.72 Å². The molecule has 0 aromatic heterocycles. The molecule has 1 saturated heterocycles. The number of hydrogen-bond donors (Lipinski definition) is 1. The van der Waals surface area contributed by atoms with Gasteiger partial charge < -0.3 is 4.74 Å². The first-order valence-electron chi connectivity index (χ1n) is 9.74. The van der Waals surface area contributed by atoms with Gasteiger partial charge in [0.05, 0.1) is 17.5 Å². The van der Waals surface area contributed by atoms with Crippen LogP contribution in [0.3, 0.4) is 0 Å². The number of nitrogens with one attached hydrogen (secondary N) is 1. The lowest BCUT2D eigenvalue weighted by Crippen LogP contribution is -2.40. The normalized spacial score (nSPS) is 15.0. The quantitative estimate of drug-likeness (QED) is 0.563. The van der Waals surface area contributed by atoms with E-state index in [9.17, 15) is 18.0 Å². The zero-order valence-electron chi connectivity index (χ0n) is 16.8. The SMILES string of the molecule is O=C1COC(=O)N1CC(NS(=O)(=O)c1cccc(-c2ccc(Cl)cc2)c1)c1ccccc1. The molecular weight excluding hydrogens is 452 g/mol. The number of benzene rings is 3.